The minimum absolute atomic E-state index is 0.0234. The van der Waals surface area contributed by atoms with Crippen molar-refractivity contribution in [3.05, 3.63) is 94.2 Å². The van der Waals surface area contributed by atoms with Gasteiger partial charge in [0.15, 0.2) is 0 Å². The van der Waals surface area contributed by atoms with Crippen LogP contribution in [0.25, 0.3) is 16.5 Å². The van der Waals surface area contributed by atoms with Gasteiger partial charge in [0.2, 0.25) is 5.88 Å². The second-order valence-electron chi connectivity index (χ2n) is 7.20. The van der Waals surface area contributed by atoms with Crippen LogP contribution in [0.5, 0.6) is 5.88 Å². The Morgan fingerprint density at radius 2 is 1.70 bits per heavy atom. The van der Waals surface area contributed by atoms with Crippen LogP contribution >= 0.6 is 0 Å². The second kappa shape index (κ2) is 7.79. The molecule has 7 nitrogen and oxygen atoms in total. The Labute approximate surface area is 172 Å². The molecule has 1 aromatic heterocycles. The minimum Gasteiger partial charge on any atom is -0.404 e. The molecule has 0 aliphatic carbocycles. The number of rotatable bonds is 5. The number of fused-ring (bicyclic) bond motifs is 1. The maximum Gasteiger partial charge on any atom is 0.344 e. The lowest BCUT2D eigenvalue weighted by Crippen LogP contribution is -2.11. The average molecular weight is 401 g/mol. The molecule has 0 aliphatic heterocycles. The van der Waals surface area contributed by atoms with Gasteiger partial charge in [0, 0.05) is 18.2 Å². The molecule has 0 spiro atoms. The number of aromatic nitrogens is 2. The van der Waals surface area contributed by atoms with E-state index in [0.29, 0.717) is 11.3 Å². The monoisotopic (exact) mass is 401 g/mol. The highest BCUT2D eigenvalue weighted by atomic mass is 16.6. The lowest BCUT2D eigenvalue weighted by atomic mass is 10.1. The Balaban J connectivity index is 1.68. The quantitative estimate of drug-likeness (QED) is 0.258. The van der Waals surface area contributed by atoms with E-state index in [0.717, 1.165) is 16.5 Å². The maximum atomic E-state index is 12.8. The van der Waals surface area contributed by atoms with E-state index in [1.54, 1.807) is 30.3 Å². The number of hydrogen-bond acceptors (Lipinski definition) is 5. The van der Waals surface area contributed by atoms with E-state index >= 15 is 0 Å². The number of hydrogen-bond donors (Lipinski definition) is 0. The highest BCUT2D eigenvalue weighted by molar-refractivity contribution is 5.96. The van der Waals surface area contributed by atoms with Gasteiger partial charge in [-0.05, 0) is 41.0 Å². The number of non-ortho nitro benzene ring substituents is 1. The molecule has 4 aromatic rings. The van der Waals surface area contributed by atoms with Gasteiger partial charge in [0.1, 0.15) is 0 Å². The lowest BCUT2D eigenvalue weighted by molar-refractivity contribution is -0.384. The van der Waals surface area contributed by atoms with E-state index in [1.165, 1.54) is 16.8 Å². The van der Waals surface area contributed by atoms with Crippen molar-refractivity contribution in [3.63, 3.8) is 0 Å². The molecule has 0 radical (unpaired) electrons. The number of nitrogens with zero attached hydrogens (tertiary/aromatic N) is 3. The van der Waals surface area contributed by atoms with Crippen LogP contribution in [-0.4, -0.2) is 20.7 Å². The Morgan fingerprint density at radius 1 is 1.00 bits per heavy atom. The Morgan fingerprint density at radius 3 is 2.37 bits per heavy atom. The first-order valence-corrected chi connectivity index (χ1v) is 9.48. The number of nitro benzene ring substituents is 1. The summed E-state index contributed by atoms with van der Waals surface area (Å²) < 4.78 is 7.16. The standard InChI is InChI=1S/C23H19N3O4/c1-15(2)21-14-22(25(24-21)19-9-11-20(12-10-19)26(28)29)30-23(27)18-8-7-16-5-3-4-6-17(16)13-18/h3-15H,1-2H3. The molecule has 0 amide bonds. The fourth-order valence-electron chi connectivity index (χ4n) is 3.11. The predicted octanol–water partition coefficient (Wildman–Crippen LogP) is 5.28. The van der Waals surface area contributed by atoms with E-state index in [4.69, 9.17) is 4.74 Å². The van der Waals surface area contributed by atoms with Crippen molar-refractivity contribution in [2.75, 3.05) is 0 Å². The van der Waals surface area contributed by atoms with Crippen molar-refractivity contribution in [2.45, 2.75) is 19.8 Å². The molecule has 150 valence electrons. The maximum absolute atomic E-state index is 12.8. The van der Waals surface area contributed by atoms with Crippen LogP contribution in [0.3, 0.4) is 0 Å². The largest absolute Gasteiger partial charge is 0.404 e. The second-order valence-corrected chi connectivity index (χ2v) is 7.20. The van der Waals surface area contributed by atoms with Gasteiger partial charge in [-0.2, -0.15) is 5.10 Å². The van der Waals surface area contributed by atoms with E-state index in [9.17, 15) is 14.9 Å². The van der Waals surface area contributed by atoms with Gasteiger partial charge in [-0.25, -0.2) is 9.48 Å². The minimum atomic E-state index is -0.501. The summed E-state index contributed by atoms with van der Waals surface area (Å²) in [6, 6.07) is 20.8. The van der Waals surface area contributed by atoms with Crippen LogP contribution in [0.15, 0.2) is 72.8 Å². The number of carbonyl (C=O) groups excluding carboxylic acids is 1. The molecule has 0 bridgehead atoms. The highest BCUT2D eigenvalue weighted by Gasteiger charge is 2.18. The summed E-state index contributed by atoms with van der Waals surface area (Å²) in [6.07, 6.45) is 0. The van der Waals surface area contributed by atoms with Gasteiger partial charge in [0.05, 0.1) is 21.9 Å². The topological polar surface area (TPSA) is 87.3 Å². The van der Waals surface area contributed by atoms with Gasteiger partial charge in [-0.3, -0.25) is 10.1 Å². The molecule has 1 heterocycles. The number of carbonyl (C=O) groups is 1. The van der Waals surface area contributed by atoms with E-state index in [-0.39, 0.29) is 17.5 Å². The van der Waals surface area contributed by atoms with Crippen molar-refractivity contribution in [3.8, 4) is 11.6 Å². The summed E-state index contributed by atoms with van der Waals surface area (Å²) in [5, 5.41) is 17.4. The smallest absolute Gasteiger partial charge is 0.344 e. The third kappa shape index (κ3) is 3.77. The molecule has 0 fully saturated rings. The zero-order valence-corrected chi connectivity index (χ0v) is 16.5. The first-order chi connectivity index (χ1) is 14.4. The summed E-state index contributed by atoms with van der Waals surface area (Å²) in [4.78, 5) is 23.3. The summed E-state index contributed by atoms with van der Waals surface area (Å²) in [5.74, 6) is -0.132. The van der Waals surface area contributed by atoms with Crippen LogP contribution in [-0.2, 0) is 0 Å². The number of nitro groups is 1. The molecular weight excluding hydrogens is 382 g/mol. The Bertz CT molecular complexity index is 1240. The van der Waals surface area contributed by atoms with Gasteiger partial charge in [-0.1, -0.05) is 44.2 Å². The average Bonchev–Trinajstić information content (AvgIpc) is 3.17. The van der Waals surface area contributed by atoms with Crippen molar-refractivity contribution < 1.29 is 14.5 Å². The van der Waals surface area contributed by atoms with Crippen LogP contribution < -0.4 is 4.74 Å². The van der Waals surface area contributed by atoms with Crippen molar-refractivity contribution >= 4 is 22.4 Å². The molecule has 0 saturated carbocycles. The summed E-state index contributed by atoms with van der Waals surface area (Å²) >= 11 is 0. The fourth-order valence-corrected chi connectivity index (χ4v) is 3.11. The number of esters is 1. The summed E-state index contributed by atoms with van der Waals surface area (Å²) in [7, 11) is 0. The molecule has 7 heteroatoms. The lowest BCUT2D eigenvalue weighted by Gasteiger charge is -2.08. The molecule has 0 saturated heterocycles. The first kappa shape index (κ1) is 19.3. The summed E-state index contributed by atoms with van der Waals surface area (Å²) in [6.45, 7) is 3.97. The van der Waals surface area contributed by atoms with Gasteiger partial charge in [-0.15, -0.1) is 0 Å². The normalized spacial score (nSPS) is 11.0. The molecule has 4 rings (SSSR count). The zero-order chi connectivity index (χ0) is 21.3. The SMILES string of the molecule is CC(C)c1cc(OC(=O)c2ccc3ccccc3c2)n(-c2ccc([N+](=O)[O-])cc2)n1. The molecule has 0 atom stereocenters. The van der Waals surface area contributed by atoms with Crippen molar-refractivity contribution in [1.82, 2.24) is 9.78 Å². The van der Waals surface area contributed by atoms with Crippen molar-refractivity contribution in [2.24, 2.45) is 0 Å². The first-order valence-electron chi connectivity index (χ1n) is 9.48. The third-order valence-corrected chi connectivity index (χ3v) is 4.77. The van der Waals surface area contributed by atoms with E-state index in [2.05, 4.69) is 5.10 Å². The van der Waals surface area contributed by atoms with Gasteiger partial charge < -0.3 is 4.74 Å². The Hall–Kier alpha value is -4.00. The number of ether oxygens (including phenoxy) is 1. The van der Waals surface area contributed by atoms with Crippen LogP contribution in [0.4, 0.5) is 5.69 Å². The van der Waals surface area contributed by atoms with Crippen LogP contribution in [0.2, 0.25) is 0 Å². The molecule has 30 heavy (non-hydrogen) atoms. The van der Waals surface area contributed by atoms with Crippen LogP contribution in [0.1, 0.15) is 35.8 Å². The molecule has 0 N–H and O–H groups in total. The number of benzene rings is 3. The molecular formula is C23H19N3O4. The summed E-state index contributed by atoms with van der Waals surface area (Å²) in [5.41, 5.74) is 1.71. The fraction of sp³-hybridized carbons (Fsp3) is 0.130. The molecule has 0 unspecified atom stereocenters. The van der Waals surface area contributed by atoms with E-state index < -0.39 is 10.9 Å². The predicted molar refractivity (Wildman–Crippen MR) is 113 cm³/mol. The molecule has 3 aromatic carbocycles. The third-order valence-electron chi connectivity index (χ3n) is 4.77. The van der Waals surface area contributed by atoms with E-state index in [1.807, 2.05) is 44.2 Å². The van der Waals surface area contributed by atoms with Gasteiger partial charge >= 0.3 is 5.97 Å². The van der Waals surface area contributed by atoms with Crippen LogP contribution in [0, 0.1) is 10.1 Å². The molecule has 0 aliphatic rings. The highest BCUT2D eigenvalue weighted by Crippen LogP contribution is 2.26. The van der Waals surface area contributed by atoms with Gasteiger partial charge in [0.25, 0.3) is 5.69 Å². The Kier molecular flexibility index (Phi) is 5.02. The zero-order valence-electron chi connectivity index (χ0n) is 16.5. The van der Waals surface area contributed by atoms with Crippen molar-refractivity contribution in [1.29, 1.82) is 0 Å².